The van der Waals surface area contributed by atoms with E-state index in [1.165, 1.54) is 17.8 Å². The fraction of sp³-hybridized carbons (Fsp3) is 0.238. The van der Waals surface area contributed by atoms with Gasteiger partial charge in [0, 0.05) is 18.7 Å². The first-order valence-electron chi connectivity index (χ1n) is 8.93. The Morgan fingerprint density at radius 2 is 1.85 bits per heavy atom. The minimum absolute atomic E-state index is 0.175. The predicted octanol–water partition coefficient (Wildman–Crippen LogP) is 4.47. The lowest BCUT2D eigenvalue weighted by molar-refractivity contribution is -0.113. The highest BCUT2D eigenvalue weighted by Crippen LogP contribution is 2.31. The van der Waals surface area contributed by atoms with Gasteiger partial charge in [-0.15, -0.1) is 0 Å². The Labute approximate surface area is 161 Å². The highest BCUT2D eigenvalue weighted by atomic mass is 32.2. The molecule has 1 amide bonds. The van der Waals surface area contributed by atoms with E-state index in [0.29, 0.717) is 16.2 Å². The number of nitrogens with zero attached hydrogens (tertiary/aromatic N) is 2. The lowest BCUT2D eigenvalue weighted by Gasteiger charge is -2.14. The molecule has 0 aliphatic carbocycles. The third-order valence-corrected chi connectivity index (χ3v) is 5.56. The molecule has 2 heterocycles. The van der Waals surface area contributed by atoms with E-state index >= 15 is 0 Å². The SMILES string of the molecule is O=C1N=C(N2CCCC2)S/C1=C/c1ccc(OCc2ccccc2F)cc1. The topological polar surface area (TPSA) is 41.9 Å². The van der Waals surface area contributed by atoms with Crippen LogP contribution in [0.15, 0.2) is 58.4 Å². The minimum atomic E-state index is -0.274. The molecular formula is C21H19FN2O2S. The van der Waals surface area contributed by atoms with Crippen molar-refractivity contribution >= 4 is 28.9 Å². The van der Waals surface area contributed by atoms with E-state index in [4.69, 9.17) is 4.74 Å². The first kappa shape index (κ1) is 17.8. The van der Waals surface area contributed by atoms with Crippen LogP contribution in [0.3, 0.4) is 0 Å². The van der Waals surface area contributed by atoms with Gasteiger partial charge in [-0.25, -0.2) is 4.39 Å². The first-order valence-corrected chi connectivity index (χ1v) is 9.74. The maximum atomic E-state index is 13.6. The Balaban J connectivity index is 1.38. The van der Waals surface area contributed by atoms with Crippen molar-refractivity contribution in [3.05, 3.63) is 70.4 Å². The summed E-state index contributed by atoms with van der Waals surface area (Å²) in [4.78, 5) is 19.1. The van der Waals surface area contributed by atoms with Gasteiger partial charge in [0.1, 0.15) is 18.2 Å². The molecule has 1 fully saturated rings. The molecule has 0 unspecified atom stereocenters. The second-order valence-electron chi connectivity index (χ2n) is 6.45. The van der Waals surface area contributed by atoms with Gasteiger partial charge in [0.15, 0.2) is 5.17 Å². The lowest BCUT2D eigenvalue weighted by Crippen LogP contribution is -2.23. The monoisotopic (exact) mass is 382 g/mol. The molecule has 4 rings (SSSR count). The number of benzene rings is 2. The quantitative estimate of drug-likeness (QED) is 0.732. The normalized spacial score (nSPS) is 18.3. The van der Waals surface area contributed by atoms with Crippen LogP contribution in [-0.4, -0.2) is 29.1 Å². The summed E-state index contributed by atoms with van der Waals surface area (Å²) in [6.07, 6.45) is 4.16. The number of carbonyl (C=O) groups excluding carboxylic acids is 1. The number of hydrogen-bond donors (Lipinski definition) is 0. The van der Waals surface area contributed by atoms with Gasteiger partial charge in [0.25, 0.3) is 5.91 Å². The molecule has 0 aromatic heterocycles. The molecule has 0 bridgehead atoms. The van der Waals surface area contributed by atoms with Crippen LogP contribution in [-0.2, 0) is 11.4 Å². The number of likely N-dealkylation sites (tertiary alicyclic amines) is 1. The van der Waals surface area contributed by atoms with Crippen LogP contribution in [0.4, 0.5) is 4.39 Å². The van der Waals surface area contributed by atoms with E-state index in [2.05, 4.69) is 9.89 Å². The van der Waals surface area contributed by atoms with Gasteiger partial charge in [-0.3, -0.25) is 4.79 Å². The van der Waals surface area contributed by atoms with E-state index in [-0.39, 0.29) is 18.3 Å². The summed E-state index contributed by atoms with van der Waals surface area (Å²) in [6.45, 7) is 2.12. The van der Waals surface area contributed by atoms with Crippen LogP contribution < -0.4 is 4.74 Å². The average molecular weight is 382 g/mol. The van der Waals surface area contributed by atoms with Crippen LogP contribution in [0.2, 0.25) is 0 Å². The standard InChI is InChI=1S/C21H19FN2O2S/c22-18-6-2-1-5-16(18)14-26-17-9-7-15(8-10-17)13-19-20(25)23-21(27-19)24-11-3-4-12-24/h1-2,5-10,13H,3-4,11-12,14H2/b19-13+. The number of aliphatic imine (C=N–C) groups is 1. The molecular weight excluding hydrogens is 363 g/mol. The zero-order valence-corrected chi connectivity index (χ0v) is 15.5. The molecule has 1 saturated heterocycles. The number of thioether (sulfide) groups is 1. The zero-order valence-electron chi connectivity index (χ0n) is 14.7. The summed E-state index contributed by atoms with van der Waals surface area (Å²) in [7, 11) is 0. The first-order chi connectivity index (χ1) is 13.2. The molecule has 2 aromatic carbocycles. The fourth-order valence-electron chi connectivity index (χ4n) is 3.03. The van der Waals surface area contributed by atoms with Gasteiger partial charge in [0.05, 0.1) is 4.91 Å². The molecule has 4 nitrogen and oxygen atoms in total. The third-order valence-electron chi connectivity index (χ3n) is 4.52. The summed E-state index contributed by atoms with van der Waals surface area (Å²) in [5.41, 5.74) is 1.42. The predicted molar refractivity (Wildman–Crippen MR) is 106 cm³/mol. The number of halogens is 1. The Kier molecular flexibility index (Phi) is 5.25. The number of amidine groups is 1. The van der Waals surface area contributed by atoms with Crippen molar-refractivity contribution in [2.24, 2.45) is 4.99 Å². The van der Waals surface area contributed by atoms with Crippen LogP contribution in [0.25, 0.3) is 6.08 Å². The number of rotatable bonds is 4. The lowest BCUT2D eigenvalue weighted by atomic mass is 10.2. The second-order valence-corrected chi connectivity index (χ2v) is 7.46. The Morgan fingerprint density at radius 1 is 1.11 bits per heavy atom. The van der Waals surface area contributed by atoms with Crippen LogP contribution >= 0.6 is 11.8 Å². The number of carbonyl (C=O) groups is 1. The maximum Gasteiger partial charge on any atom is 0.286 e. The van der Waals surface area contributed by atoms with Gasteiger partial charge in [-0.1, -0.05) is 30.3 Å². The van der Waals surface area contributed by atoms with Gasteiger partial charge in [-0.2, -0.15) is 4.99 Å². The van der Waals surface area contributed by atoms with E-state index in [1.807, 2.05) is 30.3 Å². The van der Waals surface area contributed by atoms with Gasteiger partial charge in [0.2, 0.25) is 0 Å². The third kappa shape index (κ3) is 4.22. The van der Waals surface area contributed by atoms with Crippen molar-refractivity contribution in [2.75, 3.05) is 13.1 Å². The van der Waals surface area contributed by atoms with Gasteiger partial charge < -0.3 is 9.64 Å². The van der Waals surface area contributed by atoms with E-state index in [9.17, 15) is 9.18 Å². The van der Waals surface area contributed by atoms with E-state index in [0.717, 1.165) is 36.7 Å². The molecule has 2 aliphatic rings. The molecule has 0 N–H and O–H groups in total. The van der Waals surface area contributed by atoms with Crippen molar-refractivity contribution < 1.29 is 13.9 Å². The highest BCUT2D eigenvalue weighted by Gasteiger charge is 2.27. The molecule has 0 spiro atoms. The number of amides is 1. The summed E-state index contributed by atoms with van der Waals surface area (Å²) in [5.74, 6) is 0.200. The van der Waals surface area contributed by atoms with Crippen molar-refractivity contribution in [3.63, 3.8) is 0 Å². The molecule has 6 heteroatoms. The van der Waals surface area contributed by atoms with E-state index in [1.54, 1.807) is 18.2 Å². The summed E-state index contributed by atoms with van der Waals surface area (Å²) in [6, 6.07) is 14.0. The van der Waals surface area contributed by atoms with E-state index < -0.39 is 0 Å². The Bertz CT molecular complexity index is 903. The van der Waals surface area contributed by atoms with Crippen molar-refractivity contribution in [2.45, 2.75) is 19.4 Å². The molecule has 27 heavy (non-hydrogen) atoms. The fourth-order valence-corrected chi connectivity index (χ4v) is 3.99. The number of hydrogen-bond acceptors (Lipinski definition) is 4. The van der Waals surface area contributed by atoms with Gasteiger partial charge >= 0.3 is 0 Å². The zero-order chi connectivity index (χ0) is 18.6. The average Bonchev–Trinajstić information content (AvgIpc) is 3.33. The largest absolute Gasteiger partial charge is 0.489 e. The van der Waals surface area contributed by atoms with Crippen LogP contribution in [0.1, 0.15) is 24.0 Å². The summed E-state index contributed by atoms with van der Waals surface area (Å²) in [5, 5.41) is 0.814. The van der Waals surface area contributed by atoms with Crippen molar-refractivity contribution in [1.82, 2.24) is 4.90 Å². The molecule has 0 saturated carbocycles. The van der Waals surface area contributed by atoms with Crippen molar-refractivity contribution in [3.8, 4) is 5.75 Å². The second kappa shape index (κ2) is 7.96. The van der Waals surface area contributed by atoms with Crippen LogP contribution in [0.5, 0.6) is 5.75 Å². The summed E-state index contributed by atoms with van der Waals surface area (Å²) < 4.78 is 19.3. The molecule has 138 valence electrons. The minimum Gasteiger partial charge on any atom is -0.489 e. The highest BCUT2D eigenvalue weighted by molar-refractivity contribution is 8.18. The number of ether oxygens (including phenoxy) is 1. The molecule has 2 aliphatic heterocycles. The molecule has 0 atom stereocenters. The van der Waals surface area contributed by atoms with Crippen molar-refractivity contribution in [1.29, 1.82) is 0 Å². The molecule has 0 radical (unpaired) electrons. The summed E-state index contributed by atoms with van der Waals surface area (Å²) >= 11 is 1.44. The van der Waals surface area contributed by atoms with Crippen LogP contribution in [0, 0.1) is 5.82 Å². The Hall–Kier alpha value is -2.60. The Morgan fingerprint density at radius 3 is 2.59 bits per heavy atom. The smallest absolute Gasteiger partial charge is 0.286 e. The molecule has 2 aromatic rings. The van der Waals surface area contributed by atoms with Gasteiger partial charge in [-0.05, 0) is 54.4 Å². The maximum absolute atomic E-state index is 13.6.